The molecule has 2 nitrogen and oxygen atoms in total. The SMILES string of the molecule is NC(=S)[C@H]1CCN2CCC[C@@H]1C2. The summed E-state index contributed by atoms with van der Waals surface area (Å²) in [6.07, 6.45) is 3.86. The van der Waals surface area contributed by atoms with Gasteiger partial charge in [-0.15, -0.1) is 0 Å². The molecule has 1 unspecified atom stereocenters. The third-order valence-electron chi connectivity index (χ3n) is 3.23. The van der Waals surface area contributed by atoms with E-state index in [0.717, 1.165) is 10.9 Å². The largest absolute Gasteiger partial charge is 0.393 e. The zero-order chi connectivity index (χ0) is 8.55. The van der Waals surface area contributed by atoms with Gasteiger partial charge in [0.05, 0.1) is 4.99 Å². The summed E-state index contributed by atoms with van der Waals surface area (Å²) in [4.78, 5) is 3.30. The number of hydrogen-bond donors (Lipinski definition) is 1. The second kappa shape index (κ2) is 3.30. The number of piperidine rings is 2. The van der Waals surface area contributed by atoms with Crippen LogP contribution in [0.1, 0.15) is 19.3 Å². The molecule has 2 aliphatic heterocycles. The molecule has 2 heterocycles. The fourth-order valence-corrected chi connectivity index (χ4v) is 2.87. The highest BCUT2D eigenvalue weighted by atomic mass is 32.1. The lowest BCUT2D eigenvalue weighted by atomic mass is 9.80. The summed E-state index contributed by atoms with van der Waals surface area (Å²) in [5.74, 6) is 1.31. The van der Waals surface area contributed by atoms with Gasteiger partial charge in [-0.3, -0.25) is 0 Å². The normalized spacial score (nSPS) is 40.8. The Morgan fingerprint density at radius 3 is 2.92 bits per heavy atom. The van der Waals surface area contributed by atoms with Gasteiger partial charge in [0.2, 0.25) is 0 Å². The Hall–Kier alpha value is -0.150. The highest BCUT2D eigenvalue weighted by Gasteiger charge is 2.33. The number of rotatable bonds is 1. The summed E-state index contributed by atoms with van der Waals surface area (Å²) in [6, 6.07) is 0. The van der Waals surface area contributed by atoms with Crippen LogP contribution in [0.2, 0.25) is 0 Å². The van der Waals surface area contributed by atoms with Crippen molar-refractivity contribution in [2.45, 2.75) is 19.3 Å². The lowest BCUT2D eigenvalue weighted by Gasteiger charge is -2.42. The summed E-state index contributed by atoms with van der Waals surface area (Å²) < 4.78 is 0. The predicted octanol–water partition coefficient (Wildman–Crippen LogP) is 1.00. The smallest absolute Gasteiger partial charge is 0.0762 e. The minimum absolute atomic E-state index is 0.538. The summed E-state index contributed by atoms with van der Waals surface area (Å²) in [7, 11) is 0. The maximum Gasteiger partial charge on any atom is 0.0762 e. The van der Waals surface area contributed by atoms with Crippen LogP contribution in [0.4, 0.5) is 0 Å². The standard InChI is InChI=1S/C9H16N2S/c10-9(12)8-3-5-11-4-1-2-7(8)6-11/h7-8H,1-6H2,(H2,10,12)/t7-,8+/m1/s1. The lowest BCUT2D eigenvalue weighted by Crippen LogP contribution is -2.47. The molecule has 3 atom stereocenters. The van der Waals surface area contributed by atoms with Gasteiger partial charge in [-0.2, -0.15) is 0 Å². The van der Waals surface area contributed by atoms with E-state index in [1.54, 1.807) is 0 Å². The van der Waals surface area contributed by atoms with E-state index < -0.39 is 0 Å². The van der Waals surface area contributed by atoms with Gasteiger partial charge in [-0.25, -0.2) is 0 Å². The molecule has 0 aromatic carbocycles. The molecule has 0 saturated carbocycles. The molecule has 0 aromatic heterocycles. The van der Waals surface area contributed by atoms with Gasteiger partial charge in [0, 0.05) is 12.5 Å². The van der Waals surface area contributed by atoms with Gasteiger partial charge in [0.25, 0.3) is 0 Å². The van der Waals surface area contributed by atoms with Crippen molar-refractivity contribution in [1.82, 2.24) is 4.90 Å². The number of fused-ring (bicyclic) bond motifs is 2. The van der Waals surface area contributed by atoms with Crippen molar-refractivity contribution in [3.8, 4) is 0 Å². The van der Waals surface area contributed by atoms with Crippen LogP contribution in [0.25, 0.3) is 0 Å². The Bertz CT molecular complexity index is 193. The van der Waals surface area contributed by atoms with E-state index in [4.69, 9.17) is 18.0 Å². The topological polar surface area (TPSA) is 29.3 Å². The predicted molar refractivity (Wildman–Crippen MR) is 54.1 cm³/mol. The van der Waals surface area contributed by atoms with Crippen LogP contribution in [-0.2, 0) is 0 Å². The molecule has 0 radical (unpaired) electrons. The van der Waals surface area contributed by atoms with Gasteiger partial charge in [0.1, 0.15) is 0 Å². The first-order valence-corrected chi connectivity index (χ1v) is 5.20. The molecule has 2 N–H and O–H groups in total. The van der Waals surface area contributed by atoms with E-state index in [-0.39, 0.29) is 0 Å². The van der Waals surface area contributed by atoms with Crippen molar-refractivity contribution in [2.75, 3.05) is 19.6 Å². The monoisotopic (exact) mass is 184 g/mol. The van der Waals surface area contributed by atoms with Crippen molar-refractivity contribution in [3.63, 3.8) is 0 Å². The van der Waals surface area contributed by atoms with Gasteiger partial charge in [-0.1, -0.05) is 12.2 Å². The molecule has 0 aromatic rings. The van der Waals surface area contributed by atoms with Crippen LogP contribution >= 0.6 is 12.2 Å². The summed E-state index contributed by atoms with van der Waals surface area (Å²) >= 11 is 5.08. The molecule has 0 aliphatic carbocycles. The Morgan fingerprint density at radius 2 is 2.17 bits per heavy atom. The summed E-state index contributed by atoms with van der Waals surface area (Å²) in [5, 5.41) is 0. The average molecular weight is 184 g/mol. The molecule has 68 valence electrons. The third kappa shape index (κ3) is 1.48. The van der Waals surface area contributed by atoms with Crippen molar-refractivity contribution in [1.29, 1.82) is 0 Å². The van der Waals surface area contributed by atoms with E-state index >= 15 is 0 Å². The van der Waals surface area contributed by atoms with Gasteiger partial charge >= 0.3 is 0 Å². The van der Waals surface area contributed by atoms with Crippen LogP contribution < -0.4 is 5.73 Å². The molecular weight excluding hydrogens is 168 g/mol. The molecule has 0 spiro atoms. The molecule has 2 saturated heterocycles. The molecule has 2 rings (SSSR count). The van der Waals surface area contributed by atoms with E-state index in [9.17, 15) is 0 Å². The fraction of sp³-hybridized carbons (Fsp3) is 0.889. The van der Waals surface area contributed by atoms with E-state index in [1.165, 1.54) is 38.9 Å². The number of hydrogen-bond acceptors (Lipinski definition) is 2. The Kier molecular flexibility index (Phi) is 2.33. The van der Waals surface area contributed by atoms with Gasteiger partial charge in [-0.05, 0) is 38.3 Å². The molecule has 2 fully saturated rings. The average Bonchev–Trinajstić information content (AvgIpc) is 2.04. The van der Waals surface area contributed by atoms with Crippen molar-refractivity contribution < 1.29 is 0 Å². The highest BCUT2D eigenvalue weighted by molar-refractivity contribution is 7.80. The fourth-order valence-electron chi connectivity index (χ4n) is 2.55. The number of thiocarbonyl (C=S) groups is 1. The second-order valence-corrected chi connectivity index (χ2v) is 4.47. The molecule has 0 amide bonds. The minimum Gasteiger partial charge on any atom is -0.393 e. The molecular formula is C9H16N2S. The van der Waals surface area contributed by atoms with Crippen LogP contribution in [0, 0.1) is 11.8 Å². The maximum absolute atomic E-state index is 5.72. The summed E-state index contributed by atoms with van der Waals surface area (Å²) in [6.45, 7) is 3.74. The highest BCUT2D eigenvalue weighted by Crippen LogP contribution is 2.31. The van der Waals surface area contributed by atoms with E-state index in [0.29, 0.717) is 5.92 Å². The molecule has 12 heavy (non-hydrogen) atoms. The quantitative estimate of drug-likeness (QED) is 0.617. The van der Waals surface area contributed by atoms with Crippen molar-refractivity contribution in [3.05, 3.63) is 0 Å². The number of nitrogens with zero attached hydrogens (tertiary/aromatic N) is 1. The van der Waals surface area contributed by atoms with Crippen LogP contribution in [-0.4, -0.2) is 29.5 Å². The Balaban J connectivity index is 2.04. The first-order valence-electron chi connectivity index (χ1n) is 4.79. The first-order chi connectivity index (χ1) is 5.77. The van der Waals surface area contributed by atoms with Gasteiger partial charge in [0.15, 0.2) is 0 Å². The number of nitrogens with two attached hydrogens (primary N) is 1. The zero-order valence-electron chi connectivity index (χ0n) is 7.33. The maximum atomic E-state index is 5.72. The molecule has 2 aliphatic rings. The van der Waals surface area contributed by atoms with Crippen molar-refractivity contribution in [2.24, 2.45) is 17.6 Å². The lowest BCUT2D eigenvalue weighted by molar-refractivity contribution is 0.101. The first kappa shape index (κ1) is 8.45. The van der Waals surface area contributed by atoms with E-state index in [2.05, 4.69) is 4.90 Å². The van der Waals surface area contributed by atoms with Gasteiger partial charge < -0.3 is 10.6 Å². The third-order valence-corrected chi connectivity index (χ3v) is 3.54. The second-order valence-electron chi connectivity index (χ2n) is 4.00. The van der Waals surface area contributed by atoms with E-state index in [1.807, 2.05) is 0 Å². The van der Waals surface area contributed by atoms with Crippen LogP contribution in [0.5, 0.6) is 0 Å². The summed E-state index contributed by atoms with van der Waals surface area (Å²) in [5.41, 5.74) is 5.72. The van der Waals surface area contributed by atoms with Crippen LogP contribution in [0.3, 0.4) is 0 Å². The van der Waals surface area contributed by atoms with Crippen LogP contribution in [0.15, 0.2) is 0 Å². The molecule has 2 bridgehead atoms. The van der Waals surface area contributed by atoms with Crippen molar-refractivity contribution >= 4 is 17.2 Å². The Labute approximate surface area is 79.1 Å². The zero-order valence-corrected chi connectivity index (χ0v) is 8.15. The molecule has 3 heteroatoms. The Morgan fingerprint density at radius 1 is 1.33 bits per heavy atom. The minimum atomic E-state index is 0.538.